The molecule has 33 heavy (non-hydrogen) atoms. The lowest BCUT2D eigenvalue weighted by molar-refractivity contribution is -0.160. The summed E-state index contributed by atoms with van der Waals surface area (Å²) in [4.78, 5) is 69.2. The standard InChI is InChI=1S/C19H34N6O8/c20-8-2-4-12(24-18(22)30)10-16(28)32-14(26)6-1-7-15(27)33-17(29)11-13(5-3-9-21)25-19(23)31/h12-13H,1-11,20-21H2,(H3,22,24,30)(H3,23,25,31). The van der Waals surface area contributed by atoms with Crippen molar-refractivity contribution in [2.75, 3.05) is 13.1 Å². The molecule has 10 N–H and O–H groups in total. The van der Waals surface area contributed by atoms with Crippen molar-refractivity contribution in [3.8, 4) is 0 Å². The summed E-state index contributed by atoms with van der Waals surface area (Å²) in [5.74, 6) is -3.47. The number of urea groups is 2. The summed E-state index contributed by atoms with van der Waals surface area (Å²) in [6, 6.07) is -2.88. The Morgan fingerprint density at radius 2 is 0.970 bits per heavy atom. The molecule has 0 saturated heterocycles. The van der Waals surface area contributed by atoms with Crippen LogP contribution in [0.5, 0.6) is 0 Å². The number of nitrogens with two attached hydrogens (primary N) is 4. The molecule has 0 heterocycles. The Kier molecular flexibility index (Phi) is 15.6. The molecule has 0 aliphatic carbocycles. The third-order valence-corrected chi connectivity index (χ3v) is 4.25. The highest BCUT2D eigenvalue weighted by Gasteiger charge is 2.20. The van der Waals surface area contributed by atoms with E-state index in [0.717, 1.165) is 0 Å². The van der Waals surface area contributed by atoms with Crippen molar-refractivity contribution in [3.63, 3.8) is 0 Å². The summed E-state index contributed by atoms with van der Waals surface area (Å²) < 4.78 is 9.30. The van der Waals surface area contributed by atoms with Gasteiger partial charge in [-0.15, -0.1) is 0 Å². The predicted octanol–water partition coefficient (Wildman–Crippen LogP) is -1.37. The molecule has 0 aromatic heterocycles. The average Bonchev–Trinajstić information content (AvgIpc) is 2.69. The number of hydrogen-bond acceptors (Lipinski definition) is 10. The van der Waals surface area contributed by atoms with E-state index in [1.807, 2.05) is 0 Å². The van der Waals surface area contributed by atoms with Crippen LogP contribution in [0.1, 0.15) is 57.8 Å². The van der Waals surface area contributed by atoms with Gasteiger partial charge in [-0.2, -0.15) is 0 Å². The van der Waals surface area contributed by atoms with Crippen LogP contribution in [0.25, 0.3) is 0 Å². The highest BCUT2D eigenvalue weighted by atomic mass is 16.6. The zero-order valence-corrected chi connectivity index (χ0v) is 18.5. The summed E-state index contributed by atoms with van der Waals surface area (Å²) in [5.41, 5.74) is 20.9. The highest BCUT2D eigenvalue weighted by molar-refractivity contribution is 5.87. The molecule has 0 aromatic rings. The molecule has 4 amide bonds. The van der Waals surface area contributed by atoms with Gasteiger partial charge in [0.25, 0.3) is 0 Å². The van der Waals surface area contributed by atoms with Crippen molar-refractivity contribution in [1.82, 2.24) is 10.6 Å². The number of rotatable bonds is 16. The highest BCUT2D eigenvalue weighted by Crippen LogP contribution is 2.07. The van der Waals surface area contributed by atoms with Gasteiger partial charge >= 0.3 is 35.9 Å². The van der Waals surface area contributed by atoms with Gasteiger partial charge in [0.05, 0.1) is 12.8 Å². The molecule has 0 aliphatic heterocycles. The van der Waals surface area contributed by atoms with Crippen LogP contribution in [0, 0.1) is 0 Å². The van der Waals surface area contributed by atoms with Gasteiger partial charge < -0.3 is 43.0 Å². The molecule has 14 heteroatoms. The van der Waals surface area contributed by atoms with Crippen LogP contribution in [-0.4, -0.2) is 61.1 Å². The molecule has 0 saturated carbocycles. The van der Waals surface area contributed by atoms with Crippen LogP contribution in [-0.2, 0) is 28.7 Å². The summed E-state index contributed by atoms with van der Waals surface area (Å²) in [7, 11) is 0. The Morgan fingerprint density at radius 1 is 0.606 bits per heavy atom. The largest absolute Gasteiger partial charge is 0.393 e. The Hall–Kier alpha value is -3.26. The first-order valence-electron chi connectivity index (χ1n) is 10.6. The van der Waals surface area contributed by atoms with E-state index in [0.29, 0.717) is 38.8 Å². The van der Waals surface area contributed by atoms with E-state index in [2.05, 4.69) is 20.1 Å². The van der Waals surface area contributed by atoms with Crippen molar-refractivity contribution >= 4 is 35.9 Å². The SMILES string of the molecule is NCCCC(CC(=O)OC(=O)CCCC(=O)OC(=O)CC(CCCN)NC(N)=O)NC(N)=O. The number of carbonyl (C=O) groups excluding carboxylic acids is 6. The zero-order valence-electron chi connectivity index (χ0n) is 18.5. The Labute approximate surface area is 191 Å². The van der Waals surface area contributed by atoms with Gasteiger partial charge in [0, 0.05) is 24.9 Å². The van der Waals surface area contributed by atoms with Crippen LogP contribution >= 0.6 is 0 Å². The third-order valence-electron chi connectivity index (χ3n) is 4.25. The molecule has 0 spiro atoms. The molecule has 14 nitrogen and oxygen atoms in total. The second kappa shape index (κ2) is 17.3. The molecule has 0 radical (unpaired) electrons. The summed E-state index contributed by atoms with van der Waals surface area (Å²) in [5, 5.41) is 4.74. The maximum atomic E-state index is 11.9. The Balaban J connectivity index is 4.31. The fraction of sp³-hybridized carbons (Fsp3) is 0.684. The maximum absolute atomic E-state index is 11.9. The molecule has 2 unspecified atom stereocenters. The first kappa shape index (κ1) is 29.7. The molecule has 2 atom stereocenters. The van der Waals surface area contributed by atoms with Crippen molar-refractivity contribution < 1.29 is 38.2 Å². The molecular weight excluding hydrogens is 440 g/mol. The molecule has 0 rings (SSSR count). The van der Waals surface area contributed by atoms with Crippen molar-refractivity contribution in [2.45, 2.75) is 69.9 Å². The second-order valence-electron chi connectivity index (χ2n) is 7.23. The Bertz CT molecular complexity index is 631. The van der Waals surface area contributed by atoms with Gasteiger partial charge in [0.2, 0.25) is 0 Å². The minimum atomic E-state index is -0.872. The molecule has 0 bridgehead atoms. The van der Waals surface area contributed by atoms with Gasteiger partial charge in [-0.25, -0.2) is 9.59 Å². The Morgan fingerprint density at radius 3 is 1.27 bits per heavy atom. The van der Waals surface area contributed by atoms with Crippen molar-refractivity contribution in [3.05, 3.63) is 0 Å². The molecule has 0 fully saturated rings. The monoisotopic (exact) mass is 474 g/mol. The molecule has 188 valence electrons. The fourth-order valence-corrected chi connectivity index (χ4v) is 2.80. The lowest BCUT2D eigenvalue weighted by atomic mass is 10.1. The van der Waals surface area contributed by atoms with Crippen molar-refractivity contribution in [2.24, 2.45) is 22.9 Å². The predicted molar refractivity (Wildman–Crippen MR) is 115 cm³/mol. The third kappa shape index (κ3) is 17.0. The average molecular weight is 475 g/mol. The van der Waals surface area contributed by atoms with Crippen LogP contribution < -0.4 is 33.6 Å². The first-order chi connectivity index (χ1) is 15.6. The van der Waals surface area contributed by atoms with E-state index in [9.17, 15) is 28.8 Å². The van der Waals surface area contributed by atoms with Gasteiger partial charge in [-0.1, -0.05) is 0 Å². The van der Waals surface area contributed by atoms with Gasteiger partial charge in [-0.3, -0.25) is 19.2 Å². The minimum absolute atomic E-state index is 0.0233. The maximum Gasteiger partial charge on any atom is 0.315 e. The summed E-state index contributed by atoms with van der Waals surface area (Å²) >= 11 is 0. The molecular formula is C19H34N6O8. The van der Waals surface area contributed by atoms with Crippen LogP contribution in [0.3, 0.4) is 0 Å². The zero-order chi connectivity index (χ0) is 25.2. The number of nitrogens with one attached hydrogen (secondary N) is 2. The number of ether oxygens (including phenoxy) is 2. The fourth-order valence-electron chi connectivity index (χ4n) is 2.80. The number of amides is 4. The quantitative estimate of drug-likeness (QED) is 0.113. The van der Waals surface area contributed by atoms with Gasteiger partial charge in [-0.05, 0) is 45.2 Å². The number of esters is 4. The van der Waals surface area contributed by atoms with Crippen LogP contribution in [0.4, 0.5) is 9.59 Å². The number of hydrogen-bond donors (Lipinski definition) is 6. The molecule has 0 aliphatic rings. The van der Waals surface area contributed by atoms with E-state index in [1.54, 1.807) is 0 Å². The normalized spacial score (nSPS) is 12.2. The van der Waals surface area contributed by atoms with Crippen LogP contribution in [0.2, 0.25) is 0 Å². The smallest absolute Gasteiger partial charge is 0.315 e. The van der Waals surface area contributed by atoms with Gasteiger partial charge in [0.1, 0.15) is 0 Å². The van der Waals surface area contributed by atoms with E-state index in [1.165, 1.54) is 0 Å². The van der Waals surface area contributed by atoms with Crippen molar-refractivity contribution in [1.29, 1.82) is 0 Å². The minimum Gasteiger partial charge on any atom is -0.393 e. The summed E-state index contributed by atoms with van der Waals surface area (Å²) in [6.45, 7) is 0.694. The number of carbonyl (C=O) groups is 6. The summed E-state index contributed by atoms with van der Waals surface area (Å²) in [6.07, 6.45) is 0.715. The van der Waals surface area contributed by atoms with Crippen LogP contribution in [0.15, 0.2) is 0 Å². The molecule has 0 aromatic carbocycles. The van der Waals surface area contributed by atoms with E-state index in [4.69, 9.17) is 22.9 Å². The van der Waals surface area contributed by atoms with E-state index in [-0.39, 0.29) is 32.1 Å². The van der Waals surface area contributed by atoms with E-state index >= 15 is 0 Å². The number of primary amides is 2. The lowest BCUT2D eigenvalue weighted by Crippen LogP contribution is -2.40. The van der Waals surface area contributed by atoms with E-state index < -0.39 is 48.0 Å². The topological polar surface area (TPSA) is 249 Å². The lowest BCUT2D eigenvalue weighted by Gasteiger charge is -2.16. The second-order valence-corrected chi connectivity index (χ2v) is 7.23. The van der Waals surface area contributed by atoms with Gasteiger partial charge in [0.15, 0.2) is 0 Å². The first-order valence-corrected chi connectivity index (χ1v) is 10.6.